The number of rotatable bonds is 4. The van der Waals surface area contributed by atoms with Crippen LogP contribution in [0, 0.1) is 5.82 Å². The van der Waals surface area contributed by atoms with Crippen LogP contribution in [0.2, 0.25) is 0 Å². The van der Waals surface area contributed by atoms with Crippen LogP contribution in [0.3, 0.4) is 0 Å². The van der Waals surface area contributed by atoms with Crippen molar-refractivity contribution in [1.82, 2.24) is 20.4 Å². The third-order valence-corrected chi connectivity index (χ3v) is 3.94. The third-order valence-electron chi connectivity index (χ3n) is 3.59. The van der Waals surface area contributed by atoms with Crippen LogP contribution >= 0.6 is 12.2 Å². The van der Waals surface area contributed by atoms with Gasteiger partial charge in [0.1, 0.15) is 5.82 Å². The highest BCUT2D eigenvalue weighted by Crippen LogP contribution is 2.24. The van der Waals surface area contributed by atoms with E-state index < -0.39 is 0 Å². The zero-order valence-corrected chi connectivity index (χ0v) is 14.0. The monoisotopic (exact) mass is 340 g/mol. The van der Waals surface area contributed by atoms with Gasteiger partial charge >= 0.3 is 0 Å². The largest absolute Gasteiger partial charge is 0.366 e. The Morgan fingerprint density at radius 1 is 1.12 bits per heavy atom. The predicted octanol–water partition coefficient (Wildman–Crippen LogP) is 3.27. The van der Waals surface area contributed by atoms with Crippen molar-refractivity contribution in [2.45, 2.75) is 6.54 Å². The molecule has 2 aromatic carbocycles. The van der Waals surface area contributed by atoms with E-state index in [9.17, 15) is 4.39 Å². The minimum atomic E-state index is -0.266. The molecular weight excluding hydrogens is 323 g/mol. The van der Waals surface area contributed by atoms with Crippen molar-refractivity contribution in [2.75, 3.05) is 7.05 Å². The molecule has 0 fully saturated rings. The van der Waals surface area contributed by atoms with E-state index in [4.69, 9.17) is 12.2 Å². The van der Waals surface area contributed by atoms with Crippen LogP contribution in [-0.2, 0) is 6.54 Å². The number of nitrogens with one attached hydrogen (secondary N) is 2. The minimum Gasteiger partial charge on any atom is -0.366 e. The molecule has 0 aliphatic carbocycles. The molecule has 0 aliphatic rings. The van der Waals surface area contributed by atoms with Gasteiger partial charge in [-0.25, -0.2) is 9.07 Å². The Morgan fingerprint density at radius 3 is 2.50 bits per heavy atom. The van der Waals surface area contributed by atoms with Crippen LogP contribution in [0.25, 0.3) is 16.9 Å². The first-order valence-electron chi connectivity index (χ1n) is 7.53. The van der Waals surface area contributed by atoms with Crippen LogP contribution in [-0.4, -0.2) is 21.9 Å². The molecule has 1 heterocycles. The molecule has 0 atom stereocenters. The maximum absolute atomic E-state index is 13.2. The summed E-state index contributed by atoms with van der Waals surface area (Å²) >= 11 is 5.13. The van der Waals surface area contributed by atoms with Gasteiger partial charge in [0.2, 0.25) is 0 Å². The topological polar surface area (TPSA) is 41.9 Å². The molecule has 3 aromatic rings. The van der Waals surface area contributed by atoms with E-state index >= 15 is 0 Å². The number of benzene rings is 2. The Labute approximate surface area is 145 Å². The fraction of sp³-hybridized carbons (Fsp3) is 0.111. The average Bonchev–Trinajstić information content (AvgIpc) is 3.05. The summed E-state index contributed by atoms with van der Waals surface area (Å²) in [7, 11) is 1.77. The first-order valence-corrected chi connectivity index (χ1v) is 7.93. The molecule has 0 saturated heterocycles. The average molecular weight is 340 g/mol. The molecule has 0 aliphatic heterocycles. The van der Waals surface area contributed by atoms with Crippen molar-refractivity contribution in [2.24, 2.45) is 0 Å². The predicted molar refractivity (Wildman–Crippen MR) is 97.5 cm³/mol. The molecule has 0 bridgehead atoms. The molecule has 24 heavy (non-hydrogen) atoms. The van der Waals surface area contributed by atoms with E-state index in [0.717, 1.165) is 22.5 Å². The Hall–Kier alpha value is -2.73. The summed E-state index contributed by atoms with van der Waals surface area (Å²) in [6, 6.07) is 16.2. The highest BCUT2D eigenvalue weighted by Gasteiger charge is 2.12. The van der Waals surface area contributed by atoms with Gasteiger partial charge in [0.05, 0.1) is 11.4 Å². The normalized spacial score (nSPS) is 10.4. The fourth-order valence-electron chi connectivity index (χ4n) is 2.37. The Morgan fingerprint density at radius 2 is 1.83 bits per heavy atom. The maximum Gasteiger partial charge on any atom is 0.166 e. The van der Waals surface area contributed by atoms with Crippen molar-refractivity contribution in [3.63, 3.8) is 0 Å². The number of aromatic nitrogens is 2. The lowest BCUT2D eigenvalue weighted by atomic mass is 10.1. The standard InChI is InChI=1S/C18H17FN4S/c1-20-18(24)21-11-14-12-23(16-5-3-2-4-6-16)22-17(14)13-7-9-15(19)10-8-13/h2-10,12H,11H2,1H3,(H2,20,21,24). The summed E-state index contributed by atoms with van der Waals surface area (Å²) in [5, 5.41) is 11.2. The second-order valence-electron chi connectivity index (χ2n) is 5.22. The van der Waals surface area contributed by atoms with Gasteiger partial charge in [-0.3, -0.25) is 0 Å². The first kappa shape index (κ1) is 16.1. The number of thiocarbonyl (C=S) groups is 1. The van der Waals surface area contributed by atoms with E-state index in [-0.39, 0.29) is 5.82 Å². The summed E-state index contributed by atoms with van der Waals surface area (Å²) in [6.45, 7) is 0.527. The number of nitrogens with zero attached hydrogens (tertiary/aromatic N) is 2. The molecule has 0 amide bonds. The maximum atomic E-state index is 13.2. The Balaban J connectivity index is 1.99. The first-order chi connectivity index (χ1) is 11.7. The smallest absolute Gasteiger partial charge is 0.166 e. The van der Waals surface area contributed by atoms with Gasteiger partial charge < -0.3 is 10.6 Å². The molecule has 2 N–H and O–H groups in total. The molecular formula is C18H17FN4S. The summed E-state index contributed by atoms with van der Waals surface area (Å²) in [6.07, 6.45) is 1.96. The van der Waals surface area contributed by atoms with Crippen molar-refractivity contribution in [1.29, 1.82) is 0 Å². The van der Waals surface area contributed by atoms with Crippen LogP contribution < -0.4 is 10.6 Å². The number of hydrogen-bond acceptors (Lipinski definition) is 2. The van der Waals surface area contributed by atoms with Gasteiger partial charge in [-0.05, 0) is 48.6 Å². The van der Waals surface area contributed by atoms with Crippen molar-refractivity contribution in [3.05, 3.63) is 72.2 Å². The second-order valence-corrected chi connectivity index (χ2v) is 5.63. The Bertz CT molecular complexity index is 828. The summed E-state index contributed by atoms with van der Waals surface area (Å²) in [5.74, 6) is -0.266. The lowest BCUT2D eigenvalue weighted by Gasteiger charge is -2.07. The second kappa shape index (κ2) is 7.23. The van der Waals surface area contributed by atoms with E-state index in [1.165, 1.54) is 12.1 Å². The van der Waals surface area contributed by atoms with Crippen LogP contribution in [0.5, 0.6) is 0 Å². The highest BCUT2D eigenvalue weighted by molar-refractivity contribution is 7.80. The highest BCUT2D eigenvalue weighted by atomic mass is 32.1. The lowest BCUT2D eigenvalue weighted by Crippen LogP contribution is -2.31. The molecule has 0 saturated carbocycles. The molecule has 0 radical (unpaired) electrons. The fourth-order valence-corrected chi connectivity index (χ4v) is 2.44. The summed E-state index contributed by atoms with van der Waals surface area (Å²) in [4.78, 5) is 0. The van der Waals surface area contributed by atoms with Gasteiger partial charge in [-0.2, -0.15) is 5.10 Å². The molecule has 0 unspecified atom stereocenters. The van der Waals surface area contributed by atoms with Crippen LogP contribution in [0.4, 0.5) is 4.39 Å². The van der Waals surface area contributed by atoms with E-state index in [2.05, 4.69) is 15.7 Å². The zero-order valence-electron chi connectivity index (χ0n) is 13.2. The third kappa shape index (κ3) is 3.60. The molecule has 122 valence electrons. The van der Waals surface area contributed by atoms with Crippen molar-refractivity contribution < 1.29 is 4.39 Å². The van der Waals surface area contributed by atoms with Crippen LogP contribution in [0.1, 0.15) is 5.56 Å². The van der Waals surface area contributed by atoms with Crippen molar-refractivity contribution in [3.8, 4) is 16.9 Å². The van der Waals surface area contributed by atoms with E-state index in [1.54, 1.807) is 19.2 Å². The van der Waals surface area contributed by atoms with E-state index in [1.807, 2.05) is 41.2 Å². The van der Waals surface area contributed by atoms with Gasteiger partial charge in [-0.1, -0.05) is 18.2 Å². The molecule has 4 nitrogen and oxygen atoms in total. The van der Waals surface area contributed by atoms with Crippen LogP contribution in [0.15, 0.2) is 60.8 Å². The zero-order chi connectivity index (χ0) is 16.9. The van der Waals surface area contributed by atoms with Gasteiger partial charge in [0.15, 0.2) is 5.11 Å². The van der Waals surface area contributed by atoms with Crippen molar-refractivity contribution >= 4 is 17.3 Å². The molecule has 1 aromatic heterocycles. The van der Waals surface area contributed by atoms with Gasteiger partial charge in [-0.15, -0.1) is 0 Å². The SMILES string of the molecule is CNC(=S)NCc1cn(-c2ccccc2)nc1-c1ccc(F)cc1. The van der Waals surface area contributed by atoms with Gasteiger partial charge in [0.25, 0.3) is 0 Å². The lowest BCUT2D eigenvalue weighted by molar-refractivity contribution is 0.628. The van der Waals surface area contributed by atoms with E-state index in [0.29, 0.717) is 11.7 Å². The number of hydrogen-bond donors (Lipinski definition) is 2. The quantitative estimate of drug-likeness (QED) is 0.716. The number of halogens is 1. The Kier molecular flexibility index (Phi) is 4.86. The molecule has 3 rings (SSSR count). The summed E-state index contributed by atoms with van der Waals surface area (Å²) in [5.41, 5.74) is 3.59. The summed E-state index contributed by atoms with van der Waals surface area (Å²) < 4.78 is 15.0. The minimum absolute atomic E-state index is 0.266. The number of para-hydroxylation sites is 1. The molecule has 0 spiro atoms. The van der Waals surface area contributed by atoms with Gasteiger partial charge in [0, 0.05) is 30.9 Å². The molecule has 6 heteroatoms.